The van der Waals surface area contributed by atoms with Gasteiger partial charge in [-0.25, -0.2) is 0 Å². The molecule has 0 aromatic carbocycles. The minimum atomic E-state index is 0.505. The van der Waals surface area contributed by atoms with Crippen LogP contribution in [0.2, 0.25) is 0 Å². The molecule has 2 saturated carbocycles. The van der Waals surface area contributed by atoms with Crippen LogP contribution in [0.1, 0.15) is 72.1 Å². The van der Waals surface area contributed by atoms with Crippen molar-refractivity contribution in [3.05, 3.63) is 0 Å². The molecular weight excluding hydrogens is 244 g/mol. The van der Waals surface area contributed by atoms with Crippen molar-refractivity contribution in [2.45, 2.75) is 90.3 Å². The van der Waals surface area contributed by atoms with Gasteiger partial charge in [0, 0.05) is 31.2 Å². The Morgan fingerprint density at radius 1 is 0.850 bits per heavy atom. The van der Waals surface area contributed by atoms with Crippen molar-refractivity contribution in [3.8, 4) is 0 Å². The third-order valence-electron chi connectivity index (χ3n) is 5.95. The zero-order valence-electron chi connectivity index (χ0n) is 13.8. The molecule has 1 heterocycles. The zero-order valence-corrected chi connectivity index (χ0v) is 13.8. The summed E-state index contributed by atoms with van der Waals surface area (Å²) in [5.41, 5.74) is 0.505. The smallest absolute Gasteiger partial charge is 0.0209 e. The molecule has 2 heteroatoms. The molecule has 20 heavy (non-hydrogen) atoms. The highest BCUT2D eigenvalue weighted by atomic mass is 15.2. The second kappa shape index (κ2) is 5.96. The van der Waals surface area contributed by atoms with Gasteiger partial charge in [-0.05, 0) is 56.3 Å². The van der Waals surface area contributed by atoms with Crippen LogP contribution < -0.4 is 5.32 Å². The van der Waals surface area contributed by atoms with Crippen LogP contribution in [-0.4, -0.2) is 36.1 Å². The Morgan fingerprint density at radius 2 is 1.65 bits per heavy atom. The molecule has 1 aliphatic heterocycles. The van der Waals surface area contributed by atoms with Crippen molar-refractivity contribution in [1.29, 1.82) is 0 Å². The number of rotatable bonds is 3. The van der Waals surface area contributed by atoms with Crippen LogP contribution in [0, 0.1) is 11.3 Å². The van der Waals surface area contributed by atoms with E-state index >= 15 is 0 Å². The van der Waals surface area contributed by atoms with E-state index in [1.807, 2.05) is 0 Å². The van der Waals surface area contributed by atoms with Gasteiger partial charge in [-0.2, -0.15) is 0 Å². The normalized spacial score (nSPS) is 37.0. The number of nitrogens with one attached hydrogen (secondary N) is 1. The Balaban J connectivity index is 1.44. The molecule has 0 spiro atoms. The van der Waals surface area contributed by atoms with Crippen molar-refractivity contribution >= 4 is 0 Å². The molecular formula is C18H34N2. The Labute approximate surface area is 125 Å². The number of hydrogen-bond acceptors (Lipinski definition) is 2. The molecule has 0 amide bonds. The van der Waals surface area contributed by atoms with Crippen LogP contribution in [-0.2, 0) is 0 Å². The van der Waals surface area contributed by atoms with Crippen molar-refractivity contribution in [1.82, 2.24) is 10.2 Å². The molecule has 0 aromatic heterocycles. The molecule has 1 saturated heterocycles. The first-order valence-electron chi connectivity index (χ1n) is 9.02. The summed E-state index contributed by atoms with van der Waals surface area (Å²) in [6, 6.07) is 2.54. The Bertz CT molecular complexity index is 316. The minimum absolute atomic E-state index is 0.505. The van der Waals surface area contributed by atoms with Gasteiger partial charge >= 0.3 is 0 Å². The van der Waals surface area contributed by atoms with Crippen molar-refractivity contribution in [2.75, 3.05) is 13.1 Å². The third-order valence-corrected chi connectivity index (χ3v) is 5.95. The van der Waals surface area contributed by atoms with Gasteiger partial charge < -0.3 is 5.32 Å². The monoisotopic (exact) mass is 278 g/mol. The Hall–Kier alpha value is -0.0800. The summed E-state index contributed by atoms with van der Waals surface area (Å²) in [6.07, 6.45) is 11.4. The second-order valence-electron chi connectivity index (χ2n) is 8.65. The van der Waals surface area contributed by atoms with Crippen molar-refractivity contribution in [2.24, 2.45) is 11.3 Å². The molecule has 3 aliphatic rings. The second-order valence-corrected chi connectivity index (χ2v) is 8.65. The molecule has 2 aliphatic carbocycles. The maximum Gasteiger partial charge on any atom is 0.0209 e. The van der Waals surface area contributed by atoms with Gasteiger partial charge in [0.25, 0.3) is 0 Å². The summed E-state index contributed by atoms with van der Waals surface area (Å²) in [5.74, 6) is 0.931. The van der Waals surface area contributed by atoms with E-state index in [2.05, 4.69) is 31.0 Å². The van der Waals surface area contributed by atoms with Crippen molar-refractivity contribution < 1.29 is 0 Å². The predicted octanol–water partition coefficient (Wildman–Crippen LogP) is 3.81. The first-order chi connectivity index (χ1) is 9.52. The SMILES string of the molecule is CC(C)(C)C1CCCC(NC2CCN(C3CC3)C2)CC1. The fourth-order valence-corrected chi connectivity index (χ4v) is 4.36. The fourth-order valence-electron chi connectivity index (χ4n) is 4.36. The summed E-state index contributed by atoms with van der Waals surface area (Å²) >= 11 is 0. The first-order valence-corrected chi connectivity index (χ1v) is 9.02. The lowest BCUT2D eigenvalue weighted by Crippen LogP contribution is -2.40. The maximum absolute atomic E-state index is 4.00. The molecule has 0 bridgehead atoms. The van der Waals surface area contributed by atoms with E-state index in [-0.39, 0.29) is 0 Å². The third kappa shape index (κ3) is 3.76. The van der Waals surface area contributed by atoms with Crippen LogP contribution in [0.3, 0.4) is 0 Å². The van der Waals surface area contributed by atoms with Gasteiger partial charge in [0.1, 0.15) is 0 Å². The fraction of sp³-hybridized carbons (Fsp3) is 1.00. The van der Waals surface area contributed by atoms with Gasteiger partial charge in [0.15, 0.2) is 0 Å². The van der Waals surface area contributed by atoms with Crippen LogP contribution in [0.25, 0.3) is 0 Å². The summed E-state index contributed by atoms with van der Waals surface area (Å²) in [6.45, 7) is 9.95. The highest BCUT2D eigenvalue weighted by Crippen LogP contribution is 2.37. The zero-order chi connectivity index (χ0) is 14.2. The van der Waals surface area contributed by atoms with E-state index in [1.54, 1.807) is 0 Å². The van der Waals surface area contributed by atoms with E-state index in [1.165, 1.54) is 64.5 Å². The minimum Gasteiger partial charge on any atom is -0.310 e. The highest BCUT2D eigenvalue weighted by molar-refractivity contribution is 4.93. The lowest BCUT2D eigenvalue weighted by atomic mass is 9.76. The quantitative estimate of drug-likeness (QED) is 0.790. The van der Waals surface area contributed by atoms with Gasteiger partial charge in [0.2, 0.25) is 0 Å². The predicted molar refractivity (Wildman–Crippen MR) is 86.0 cm³/mol. The molecule has 3 rings (SSSR count). The number of hydrogen-bond donors (Lipinski definition) is 1. The molecule has 2 nitrogen and oxygen atoms in total. The van der Waals surface area contributed by atoms with Gasteiger partial charge in [-0.15, -0.1) is 0 Å². The van der Waals surface area contributed by atoms with Crippen LogP contribution in [0.5, 0.6) is 0 Å². The standard InChI is InChI=1S/C18H34N2/c1-18(2,3)14-5-4-6-15(8-7-14)19-16-11-12-20(13-16)17-9-10-17/h14-17,19H,4-13H2,1-3H3. The average molecular weight is 278 g/mol. The maximum atomic E-state index is 4.00. The molecule has 0 aromatic rings. The number of likely N-dealkylation sites (tertiary alicyclic amines) is 1. The van der Waals surface area contributed by atoms with Gasteiger partial charge in [-0.1, -0.05) is 27.2 Å². The Morgan fingerprint density at radius 3 is 2.35 bits per heavy atom. The largest absolute Gasteiger partial charge is 0.310 e. The average Bonchev–Trinajstić information content (AvgIpc) is 3.15. The van der Waals surface area contributed by atoms with Crippen molar-refractivity contribution in [3.63, 3.8) is 0 Å². The summed E-state index contributed by atoms with van der Waals surface area (Å²) in [7, 11) is 0. The summed E-state index contributed by atoms with van der Waals surface area (Å²) in [4.78, 5) is 2.73. The molecule has 116 valence electrons. The Kier molecular flexibility index (Phi) is 4.42. The number of nitrogens with zero attached hydrogens (tertiary/aromatic N) is 1. The molecule has 0 radical (unpaired) electrons. The van der Waals surface area contributed by atoms with E-state index in [0.717, 1.165) is 24.0 Å². The van der Waals surface area contributed by atoms with Crippen LogP contribution in [0.4, 0.5) is 0 Å². The van der Waals surface area contributed by atoms with E-state index in [9.17, 15) is 0 Å². The molecule has 3 unspecified atom stereocenters. The summed E-state index contributed by atoms with van der Waals surface area (Å²) < 4.78 is 0. The van der Waals surface area contributed by atoms with E-state index < -0.39 is 0 Å². The van der Waals surface area contributed by atoms with Crippen LogP contribution >= 0.6 is 0 Å². The summed E-state index contributed by atoms with van der Waals surface area (Å²) in [5, 5.41) is 4.00. The van der Waals surface area contributed by atoms with Gasteiger partial charge in [0.05, 0.1) is 0 Å². The molecule has 1 N–H and O–H groups in total. The van der Waals surface area contributed by atoms with Crippen LogP contribution in [0.15, 0.2) is 0 Å². The topological polar surface area (TPSA) is 15.3 Å². The van der Waals surface area contributed by atoms with E-state index in [4.69, 9.17) is 0 Å². The van der Waals surface area contributed by atoms with Gasteiger partial charge in [-0.3, -0.25) is 4.90 Å². The molecule has 3 fully saturated rings. The highest BCUT2D eigenvalue weighted by Gasteiger charge is 2.35. The first kappa shape index (κ1) is 14.8. The lowest BCUT2D eigenvalue weighted by molar-refractivity contribution is 0.213. The van der Waals surface area contributed by atoms with E-state index in [0.29, 0.717) is 5.41 Å². The lowest BCUT2D eigenvalue weighted by Gasteiger charge is -2.30. The molecule has 3 atom stereocenters.